The third-order valence-corrected chi connectivity index (χ3v) is 6.10. The Morgan fingerprint density at radius 3 is 2.54 bits per heavy atom. The molecule has 8 nitrogen and oxygen atoms in total. The summed E-state index contributed by atoms with van der Waals surface area (Å²) in [6.07, 6.45) is 1.60. The number of hydrogen-bond donors (Lipinski definition) is 2. The Hall–Kier alpha value is -2.91. The average molecular weight is 398 g/mol. The van der Waals surface area contributed by atoms with Gasteiger partial charge in [0.05, 0.1) is 15.8 Å². The summed E-state index contributed by atoms with van der Waals surface area (Å²) in [5.41, 5.74) is 10.4. The number of aromatic nitrogens is 2. The lowest BCUT2D eigenvalue weighted by molar-refractivity contribution is 0.0998. The molecule has 0 spiro atoms. The predicted molar refractivity (Wildman–Crippen MR) is 111 cm³/mol. The van der Waals surface area contributed by atoms with Crippen LogP contribution in [-0.2, 0) is 0 Å². The van der Waals surface area contributed by atoms with Gasteiger partial charge < -0.3 is 15.5 Å². The van der Waals surface area contributed by atoms with Crippen molar-refractivity contribution in [1.29, 1.82) is 0 Å². The number of carbonyl (C=O) groups is 2. The number of thiophene rings is 1. The molecular weight excluding hydrogens is 376 g/mol. The Kier molecular flexibility index (Phi) is 5.01. The second kappa shape index (κ2) is 7.61. The first-order valence-corrected chi connectivity index (χ1v) is 10.0. The van der Waals surface area contributed by atoms with Crippen LogP contribution in [0.3, 0.4) is 0 Å². The Labute approximate surface area is 166 Å². The molecular formula is C19H22N6O2S. The minimum atomic E-state index is -0.491. The number of fused-ring (bicyclic) bond motifs is 1. The maximum absolute atomic E-state index is 12.6. The van der Waals surface area contributed by atoms with Gasteiger partial charge in [-0.3, -0.25) is 9.59 Å². The van der Waals surface area contributed by atoms with Gasteiger partial charge in [0.15, 0.2) is 0 Å². The quantitative estimate of drug-likeness (QED) is 0.682. The van der Waals surface area contributed by atoms with Crippen LogP contribution in [0.25, 0.3) is 10.2 Å². The number of amides is 2. The van der Waals surface area contributed by atoms with Crippen molar-refractivity contribution in [1.82, 2.24) is 14.8 Å². The molecule has 1 aromatic carbocycles. The van der Waals surface area contributed by atoms with E-state index in [1.54, 1.807) is 12.3 Å². The number of nitrogens with zero attached hydrogens (tertiary/aromatic N) is 4. The molecule has 1 fully saturated rings. The molecule has 0 radical (unpaired) electrons. The van der Waals surface area contributed by atoms with Gasteiger partial charge in [-0.2, -0.15) is 9.89 Å². The molecule has 0 aliphatic carbocycles. The van der Waals surface area contributed by atoms with Crippen LogP contribution in [0.1, 0.15) is 27.0 Å². The minimum Gasteiger partial charge on any atom is -0.369 e. The zero-order valence-corrected chi connectivity index (χ0v) is 16.4. The number of nitrogens with one attached hydrogen (secondary N) is 1. The SMILES string of the molecule is CCN1CCN(c2ccc(C(=O)Nn3ncc4sc(C(N)=O)cc43)cc2)CC1. The molecule has 0 bridgehead atoms. The largest absolute Gasteiger partial charge is 0.369 e. The minimum absolute atomic E-state index is 0.265. The fourth-order valence-corrected chi connectivity index (χ4v) is 4.20. The monoisotopic (exact) mass is 398 g/mol. The van der Waals surface area contributed by atoms with Crippen LogP contribution in [0.15, 0.2) is 36.5 Å². The van der Waals surface area contributed by atoms with E-state index in [2.05, 4.69) is 27.2 Å². The summed E-state index contributed by atoms with van der Waals surface area (Å²) >= 11 is 1.25. The van der Waals surface area contributed by atoms with Gasteiger partial charge in [-0.1, -0.05) is 6.92 Å². The highest BCUT2D eigenvalue weighted by atomic mass is 32.1. The summed E-state index contributed by atoms with van der Waals surface area (Å²) in [6, 6.07) is 9.23. The van der Waals surface area contributed by atoms with Crippen molar-refractivity contribution < 1.29 is 9.59 Å². The van der Waals surface area contributed by atoms with Crippen LogP contribution in [-0.4, -0.2) is 59.3 Å². The molecule has 0 atom stereocenters. The lowest BCUT2D eigenvalue weighted by Crippen LogP contribution is -2.46. The number of benzene rings is 1. The Morgan fingerprint density at radius 2 is 1.89 bits per heavy atom. The molecule has 146 valence electrons. The predicted octanol–water partition coefficient (Wildman–Crippen LogP) is 1.72. The van der Waals surface area contributed by atoms with Crippen LogP contribution in [0.5, 0.6) is 0 Å². The number of nitrogens with two attached hydrogens (primary N) is 1. The molecule has 0 unspecified atom stereocenters. The van der Waals surface area contributed by atoms with Crippen LogP contribution in [0.2, 0.25) is 0 Å². The maximum Gasteiger partial charge on any atom is 0.271 e. The lowest BCUT2D eigenvalue weighted by atomic mass is 10.1. The van der Waals surface area contributed by atoms with Crippen LogP contribution < -0.4 is 16.1 Å². The van der Waals surface area contributed by atoms with Gasteiger partial charge in [0, 0.05) is 37.4 Å². The molecule has 1 aliphatic heterocycles. The molecule has 3 N–H and O–H groups in total. The molecule has 28 heavy (non-hydrogen) atoms. The van der Waals surface area contributed by atoms with Gasteiger partial charge in [-0.15, -0.1) is 11.3 Å². The van der Waals surface area contributed by atoms with E-state index >= 15 is 0 Å². The molecule has 2 aromatic heterocycles. The molecule has 2 amide bonds. The van der Waals surface area contributed by atoms with E-state index in [1.807, 2.05) is 24.3 Å². The molecule has 0 saturated carbocycles. The standard InChI is InChI=1S/C19H22N6O2S/c1-2-23-7-9-24(10-8-23)14-5-3-13(4-6-14)19(27)22-25-15-11-16(18(20)26)28-17(15)12-21-25/h3-6,11-12H,2,7-10H2,1H3,(H2,20,26)(H,22,27). The van der Waals surface area contributed by atoms with Crippen molar-refractivity contribution >= 4 is 39.1 Å². The van der Waals surface area contributed by atoms with Crippen molar-refractivity contribution in [2.24, 2.45) is 5.73 Å². The second-order valence-corrected chi connectivity index (χ2v) is 7.77. The summed E-state index contributed by atoms with van der Waals surface area (Å²) in [7, 11) is 0. The topological polar surface area (TPSA) is 96.5 Å². The fraction of sp³-hybridized carbons (Fsp3) is 0.316. The third kappa shape index (κ3) is 3.58. The van der Waals surface area contributed by atoms with Crippen LogP contribution in [0, 0.1) is 0 Å². The summed E-state index contributed by atoms with van der Waals surface area (Å²) in [5, 5.41) is 4.16. The number of anilines is 1. The number of carbonyl (C=O) groups excluding carboxylic acids is 2. The Morgan fingerprint density at radius 1 is 1.18 bits per heavy atom. The van der Waals surface area contributed by atoms with Gasteiger partial charge in [0.25, 0.3) is 11.8 Å². The normalized spacial score (nSPS) is 15.1. The number of piperazine rings is 1. The fourth-order valence-electron chi connectivity index (χ4n) is 3.34. The smallest absolute Gasteiger partial charge is 0.271 e. The van der Waals surface area contributed by atoms with Gasteiger partial charge >= 0.3 is 0 Å². The van der Waals surface area contributed by atoms with Crippen molar-refractivity contribution in [2.45, 2.75) is 6.92 Å². The van der Waals surface area contributed by atoms with Crippen molar-refractivity contribution in [2.75, 3.05) is 43.0 Å². The highest BCUT2D eigenvalue weighted by molar-refractivity contribution is 7.20. The maximum atomic E-state index is 12.6. The zero-order valence-electron chi connectivity index (χ0n) is 15.6. The summed E-state index contributed by atoms with van der Waals surface area (Å²) in [4.78, 5) is 30.5. The van der Waals surface area contributed by atoms with E-state index in [-0.39, 0.29) is 5.91 Å². The Bertz CT molecular complexity index is 1000. The molecule has 3 aromatic rings. The number of primary amides is 1. The molecule has 3 heterocycles. The first-order chi connectivity index (χ1) is 13.5. The molecule has 1 aliphatic rings. The van der Waals surface area contributed by atoms with E-state index in [1.165, 1.54) is 16.1 Å². The van der Waals surface area contributed by atoms with Gasteiger partial charge in [0.2, 0.25) is 0 Å². The van der Waals surface area contributed by atoms with E-state index in [0.29, 0.717) is 16.0 Å². The van der Waals surface area contributed by atoms with E-state index in [9.17, 15) is 9.59 Å². The van der Waals surface area contributed by atoms with Gasteiger partial charge in [-0.25, -0.2) is 5.43 Å². The van der Waals surface area contributed by atoms with Crippen molar-refractivity contribution in [3.05, 3.63) is 47.0 Å². The van der Waals surface area contributed by atoms with Crippen LogP contribution in [0.4, 0.5) is 5.69 Å². The van der Waals surface area contributed by atoms with Gasteiger partial charge in [0.1, 0.15) is 5.52 Å². The van der Waals surface area contributed by atoms with E-state index in [4.69, 9.17) is 5.73 Å². The Balaban J connectivity index is 1.45. The highest BCUT2D eigenvalue weighted by Gasteiger charge is 2.17. The average Bonchev–Trinajstić information content (AvgIpc) is 3.30. The lowest BCUT2D eigenvalue weighted by Gasteiger charge is -2.35. The van der Waals surface area contributed by atoms with Crippen molar-refractivity contribution in [3.63, 3.8) is 0 Å². The molecule has 4 rings (SSSR count). The van der Waals surface area contributed by atoms with Crippen molar-refractivity contribution in [3.8, 4) is 0 Å². The zero-order chi connectivity index (χ0) is 19.7. The summed E-state index contributed by atoms with van der Waals surface area (Å²) in [5.74, 6) is -0.756. The molecule has 1 saturated heterocycles. The highest BCUT2D eigenvalue weighted by Crippen LogP contribution is 2.24. The number of likely N-dealkylation sites (N-methyl/N-ethyl adjacent to an activating group) is 1. The van der Waals surface area contributed by atoms with E-state index < -0.39 is 5.91 Å². The second-order valence-electron chi connectivity index (χ2n) is 6.69. The van der Waals surface area contributed by atoms with Crippen LogP contribution >= 0.6 is 11.3 Å². The first kappa shape index (κ1) is 18.5. The van der Waals surface area contributed by atoms with E-state index in [0.717, 1.165) is 43.1 Å². The number of rotatable bonds is 5. The van der Waals surface area contributed by atoms with Gasteiger partial charge in [-0.05, 0) is 36.9 Å². The number of hydrogen-bond acceptors (Lipinski definition) is 6. The third-order valence-electron chi connectivity index (χ3n) is 5.02. The molecule has 9 heteroatoms. The summed E-state index contributed by atoms with van der Waals surface area (Å²) < 4.78 is 0.788. The first-order valence-electron chi connectivity index (χ1n) is 9.21. The summed E-state index contributed by atoms with van der Waals surface area (Å²) in [6.45, 7) is 7.36.